The van der Waals surface area contributed by atoms with Crippen LogP contribution in [0, 0.1) is 17.7 Å². The van der Waals surface area contributed by atoms with E-state index in [4.69, 9.17) is 4.74 Å². The van der Waals surface area contributed by atoms with Gasteiger partial charge in [0.05, 0.1) is 13.2 Å². The molecule has 0 radical (unpaired) electrons. The molecule has 0 unspecified atom stereocenters. The SMILES string of the molecule is CC(C)C[C@@H]1C(=O)N[C@H](C2Cc3ccccc3C2)C(=O)N1[C@@H](C(=O)CCCN1CCOCC1)c1ccc(F)cc1. The Balaban J connectivity index is 1.44. The standard InChI is InChI=1S/C32H40FN3O4/c1-21(2)18-27-31(38)34-29(25-19-23-6-3-4-7-24(23)20-25)32(39)36(27)30(22-9-11-26(33)12-10-22)28(37)8-5-13-35-14-16-40-17-15-35/h3-4,6-7,9-12,21,25,27,29-30H,5,8,13-20H2,1-2H3,(H,34,38)/t27-,29-,30-/m1/s1. The minimum atomic E-state index is -0.945. The molecule has 2 aliphatic heterocycles. The van der Waals surface area contributed by atoms with Crippen molar-refractivity contribution in [1.82, 2.24) is 15.1 Å². The smallest absolute Gasteiger partial charge is 0.247 e. The summed E-state index contributed by atoms with van der Waals surface area (Å²) in [4.78, 5) is 45.9. The number of halogens is 1. The predicted molar refractivity (Wildman–Crippen MR) is 150 cm³/mol. The van der Waals surface area contributed by atoms with Gasteiger partial charge in [-0.2, -0.15) is 0 Å². The Morgan fingerprint density at radius 3 is 2.30 bits per heavy atom. The molecule has 8 heteroatoms. The monoisotopic (exact) mass is 549 g/mol. The van der Waals surface area contributed by atoms with Crippen LogP contribution in [0.25, 0.3) is 0 Å². The number of hydrogen-bond donors (Lipinski definition) is 1. The second-order valence-corrected chi connectivity index (χ2v) is 11.8. The van der Waals surface area contributed by atoms with Crippen molar-refractivity contribution in [3.63, 3.8) is 0 Å². The summed E-state index contributed by atoms with van der Waals surface area (Å²) in [5.74, 6) is -0.929. The van der Waals surface area contributed by atoms with Gasteiger partial charge in [-0.15, -0.1) is 0 Å². The van der Waals surface area contributed by atoms with E-state index in [1.165, 1.54) is 23.3 Å². The normalized spacial score (nSPS) is 22.9. The molecule has 2 saturated heterocycles. The summed E-state index contributed by atoms with van der Waals surface area (Å²) in [6.45, 7) is 7.82. The van der Waals surface area contributed by atoms with Crippen molar-refractivity contribution in [2.45, 2.75) is 64.1 Å². The fraction of sp³-hybridized carbons (Fsp3) is 0.531. The molecule has 0 aromatic heterocycles. The quantitative estimate of drug-likeness (QED) is 0.489. The molecule has 214 valence electrons. The van der Waals surface area contributed by atoms with Crippen LogP contribution >= 0.6 is 0 Å². The first kappa shape index (κ1) is 28.4. The molecule has 3 aliphatic rings. The van der Waals surface area contributed by atoms with Gasteiger partial charge in [-0.05, 0) is 72.9 Å². The number of carbonyl (C=O) groups excluding carboxylic acids is 3. The number of amides is 2. The van der Waals surface area contributed by atoms with Gasteiger partial charge in [-0.1, -0.05) is 50.2 Å². The minimum absolute atomic E-state index is 0.0818. The number of Topliss-reactive ketones (excluding diaryl/α,β-unsaturated/α-hetero) is 1. The van der Waals surface area contributed by atoms with Crippen LogP contribution in [0.4, 0.5) is 4.39 Å². The highest BCUT2D eigenvalue weighted by Gasteiger charge is 2.49. The number of fused-ring (bicyclic) bond motifs is 1. The van der Waals surface area contributed by atoms with Crippen LogP contribution in [0.5, 0.6) is 0 Å². The maximum absolute atomic E-state index is 14.4. The lowest BCUT2D eigenvalue weighted by Gasteiger charge is -2.45. The molecular weight excluding hydrogens is 509 g/mol. The van der Waals surface area contributed by atoms with Crippen LogP contribution in [-0.4, -0.2) is 72.3 Å². The number of benzene rings is 2. The van der Waals surface area contributed by atoms with E-state index in [-0.39, 0.29) is 35.9 Å². The van der Waals surface area contributed by atoms with E-state index < -0.39 is 23.9 Å². The van der Waals surface area contributed by atoms with Gasteiger partial charge in [0.25, 0.3) is 0 Å². The predicted octanol–water partition coefficient (Wildman–Crippen LogP) is 3.71. The maximum atomic E-state index is 14.4. The van der Waals surface area contributed by atoms with Crippen molar-refractivity contribution >= 4 is 17.6 Å². The second-order valence-electron chi connectivity index (χ2n) is 11.8. The summed E-state index contributed by atoms with van der Waals surface area (Å²) in [5, 5.41) is 3.05. The van der Waals surface area contributed by atoms with Crippen LogP contribution in [0.1, 0.15) is 55.8 Å². The van der Waals surface area contributed by atoms with E-state index in [9.17, 15) is 18.8 Å². The molecule has 2 amide bonds. The largest absolute Gasteiger partial charge is 0.379 e. The Labute approximate surface area is 236 Å². The zero-order chi connectivity index (χ0) is 28.2. The minimum Gasteiger partial charge on any atom is -0.379 e. The third kappa shape index (κ3) is 6.28. The molecule has 7 nitrogen and oxygen atoms in total. The average Bonchev–Trinajstić information content (AvgIpc) is 3.38. The summed E-state index contributed by atoms with van der Waals surface area (Å²) in [6.07, 6.45) is 2.74. The number of carbonyl (C=O) groups is 3. The maximum Gasteiger partial charge on any atom is 0.247 e. The van der Waals surface area contributed by atoms with Crippen molar-refractivity contribution in [3.05, 3.63) is 71.0 Å². The van der Waals surface area contributed by atoms with Gasteiger partial charge in [-0.25, -0.2) is 4.39 Å². The van der Waals surface area contributed by atoms with Gasteiger partial charge in [0, 0.05) is 19.5 Å². The topological polar surface area (TPSA) is 79.0 Å². The summed E-state index contributed by atoms with van der Waals surface area (Å²) < 4.78 is 19.4. The highest BCUT2D eigenvalue weighted by molar-refractivity contribution is 6.00. The number of nitrogens with zero attached hydrogens (tertiary/aromatic N) is 2. The van der Waals surface area contributed by atoms with Gasteiger partial charge in [0.2, 0.25) is 11.8 Å². The zero-order valence-electron chi connectivity index (χ0n) is 23.5. The molecule has 2 aromatic carbocycles. The Morgan fingerprint density at radius 1 is 1.02 bits per heavy atom. The van der Waals surface area contributed by atoms with E-state index in [0.29, 0.717) is 44.5 Å². The highest BCUT2D eigenvalue weighted by atomic mass is 19.1. The van der Waals surface area contributed by atoms with E-state index in [1.54, 1.807) is 17.0 Å². The van der Waals surface area contributed by atoms with Crippen molar-refractivity contribution in [3.8, 4) is 0 Å². The number of ketones is 1. The van der Waals surface area contributed by atoms with Crippen molar-refractivity contribution in [1.29, 1.82) is 0 Å². The van der Waals surface area contributed by atoms with Crippen molar-refractivity contribution in [2.24, 2.45) is 11.8 Å². The molecule has 2 heterocycles. The lowest BCUT2D eigenvalue weighted by molar-refractivity contribution is -0.157. The molecule has 1 N–H and O–H groups in total. The molecule has 2 fully saturated rings. The lowest BCUT2D eigenvalue weighted by atomic mass is 9.86. The lowest BCUT2D eigenvalue weighted by Crippen LogP contribution is -2.66. The molecule has 1 aliphatic carbocycles. The van der Waals surface area contributed by atoms with E-state index >= 15 is 0 Å². The first-order chi connectivity index (χ1) is 19.3. The highest BCUT2D eigenvalue weighted by Crippen LogP contribution is 2.36. The number of morpholine rings is 1. The molecular formula is C32H40FN3O4. The van der Waals surface area contributed by atoms with Crippen LogP contribution in [-0.2, 0) is 32.0 Å². The van der Waals surface area contributed by atoms with E-state index in [0.717, 1.165) is 19.6 Å². The number of piperazine rings is 1. The van der Waals surface area contributed by atoms with E-state index in [2.05, 4.69) is 22.3 Å². The van der Waals surface area contributed by atoms with Crippen LogP contribution in [0.15, 0.2) is 48.5 Å². The fourth-order valence-electron chi connectivity index (χ4n) is 6.46. The van der Waals surface area contributed by atoms with Gasteiger partial charge < -0.3 is 15.0 Å². The Hall–Kier alpha value is -3.10. The summed E-state index contributed by atoms with van der Waals surface area (Å²) in [7, 11) is 0. The summed E-state index contributed by atoms with van der Waals surface area (Å²) >= 11 is 0. The molecule has 40 heavy (non-hydrogen) atoms. The molecule has 2 aromatic rings. The average molecular weight is 550 g/mol. The van der Waals surface area contributed by atoms with Crippen LogP contribution in [0.3, 0.4) is 0 Å². The van der Waals surface area contributed by atoms with Gasteiger partial charge >= 0.3 is 0 Å². The number of ether oxygens (including phenoxy) is 1. The van der Waals surface area contributed by atoms with Gasteiger partial charge in [-0.3, -0.25) is 19.3 Å². The third-order valence-corrected chi connectivity index (χ3v) is 8.48. The first-order valence-electron chi connectivity index (χ1n) is 14.6. The van der Waals surface area contributed by atoms with Crippen LogP contribution in [0.2, 0.25) is 0 Å². The van der Waals surface area contributed by atoms with Crippen LogP contribution < -0.4 is 5.32 Å². The van der Waals surface area contributed by atoms with Crippen molar-refractivity contribution < 1.29 is 23.5 Å². The number of hydrogen-bond acceptors (Lipinski definition) is 5. The number of rotatable bonds is 10. The first-order valence-corrected chi connectivity index (χ1v) is 14.6. The third-order valence-electron chi connectivity index (χ3n) is 8.48. The fourth-order valence-corrected chi connectivity index (χ4v) is 6.46. The molecule has 3 atom stereocenters. The second kappa shape index (κ2) is 12.6. The van der Waals surface area contributed by atoms with Gasteiger partial charge in [0.1, 0.15) is 23.9 Å². The summed E-state index contributed by atoms with van der Waals surface area (Å²) in [5.41, 5.74) is 2.93. The van der Waals surface area contributed by atoms with Gasteiger partial charge in [0.15, 0.2) is 5.78 Å². The Morgan fingerprint density at radius 2 is 1.68 bits per heavy atom. The molecule has 0 bridgehead atoms. The molecule has 5 rings (SSSR count). The summed E-state index contributed by atoms with van der Waals surface area (Å²) in [6, 6.07) is 11.5. The molecule has 0 saturated carbocycles. The Kier molecular flexibility index (Phi) is 8.96. The number of nitrogens with one attached hydrogen (secondary N) is 1. The van der Waals surface area contributed by atoms with E-state index in [1.807, 2.05) is 26.0 Å². The van der Waals surface area contributed by atoms with Crippen molar-refractivity contribution in [2.75, 3.05) is 32.8 Å². The zero-order valence-corrected chi connectivity index (χ0v) is 23.5. The molecule has 0 spiro atoms. The Bertz CT molecular complexity index is 1190.